The highest BCUT2D eigenvalue weighted by molar-refractivity contribution is 5.84. The molecule has 1 aromatic rings. The molecule has 0 aliphatic carbocycles. The Labute approximate surface area is 196 Å². The summed E-state index contributed by atoms with van der Waals surface area (Å²) in [5.41, 5.74) is 9.77. The minimum atomic E-state index is -5.08. The number of ether oxygens (including phenoxy) is 1. The van der Waals surface area contributed by atoms with Gasteiger partial charge in [0.05, 0.1) is 6.04 Å². The predicted octanol–water partition coefficient (Wildman–Crippen LogP) is -0.0466. The molecule has 7 N–H and O–H groups in total. The molecule has 0 spiro atoms. The number of carboxylic acid groups (broad SMARTS) is 1. The average Bonchev–Trinajstić information content (AvgIpc) is 2.76. The van der Waals surface area contributed by atoms with Gasteiger partial charge in [-0.15, -0.1) is 0 Å². The Morgan fingerprint density at radius 1 is 1.31 bits per heavy atom. The van der Waals surface area contributed by atoms with Crippen molar-refractivity contribution in [3.8, 4) is 0 Å². The Morgan fingerprint density at radius 3 is 2.46 bits per heavy atom. The van der Waals surface area contributed by atoms with Crippen molar-refractivity contribution < 1.29 is 42.2 Å². The van der Waals surface area contributed by atoms with E-state index in [-0.39, 0.29) is 24.8 Å². The molecule has 0 fully saturated rings. The normalized spacial score (nSPS) is 11.1. The SMILES string of the molecule is C=CCOC(=O)Nc1cccn(CC(=O)N[C@H](C=O)CCCN=C(N)N)c1=O.O=C(O)C(F)(F)F. The number of carbonyl (C=O) groups is 4. The Hall–Kier alpha value is -4.37. The number of carboxylic acids is 1. The van der Waals surface area contributed by atoms with E-state index in [4.69, 9.17) is 26.1 Å². The number of carbonyl (C=O) groups excluding carboxylic acids is 3. The van der Waals surface area contributed by atoms with Gasteiger partial charge in [0.25, 0.3) is 5.56 Å². The zero-order chi connectivity index (χ0) is 27.0. The molecule has 13 nitrogen and oxygen atoms in total. The molecule has 0 bridgehead atoms. The number of nitrogens with two attached hydrogens (primary N) is 2. The predicted molar refractivity (Wildman–Crippen MR) is 117 cm³/mol. The van der Waals surface area contributed by atoms with E-state index in [0.29, 0.717) is 25.7 Å². The lowest BCUT2D eigenvalue weighted by atomic mass is 10.2. The number of nitrogens with one attached hydrogen (secondary N) is 2. The lowest BCUT2D eigenvalue weighted by Crippen LogP contribution is -2.40. The standard InChI is InChI=1S/C17H24N6O5.C2HF3O2/c1-2-9-28-17(27)22-13-6-4-8-23(15(13)26)10-14(25)21-12(11-24)5-3-7-20-16(18)19;3-2(4,5)1(6)7/h2,4,6,8,11-12H,1,3,5,7,9-10H2,(H,21,25)(H,22,27)(H4,18,19,20);(H,6,7)/t12-;/m0./s1. The molecule has 0 aliphatic rings. The molecule has 2 amide bonds. The zero-order valence-corrected chi connectivity index (χ0v) is 18.3. The minimum absolute atomic E-state index is 0.00840. The average molecular weight is 506 g/mol. The van der Waals surface area contributed by atoms with Gasteiger partial charge in [-0.1, -0.05) is 12.7 Å². The molecule has 1 rings (SSSR count). The first-order chi connectivity index (χ1) is 16.3. The Bertz CT molecular complexity index is 974. The fourth-order valence-corrected chi connectivity index (χ4v) is 2.14. The molecular weight excluding hydrogens is 481 g/mol. The van der Waals surface area contributed by atoms with Gasteiger partial charge in [-0.2, -0.15) is 13.2 Å². The Kier molecular flexibility index (Phi) is 13.5. The maximum absolute atomic E-state index is 12.3. The highest BCUT2D eigenvalue weighted by Gasteiger charge is 2.38. The third-order valence-electron chi connectivity index (χ3n) is 3.62. The number of nitrogens with zero attached hydrogens (tertiary/aromatic N) is 2. The van der Waals surface area contributed by atoms with Gasteiger partial charge in [-0.25, -0.2) is 9.59 Å². The lowest BCUT2D eigenvalue weighted by Gasteiger charge is -2.13. The van der Waals surface area contributed by atoms with Gasteiger partial charge in [0.1, 0.15) is 25.1 Å². The first-order valence-electron chi connectivity index (χ1n) is 9.66. The van der Waals surface area contributed by atoms with Crippen LogP contribution in [0, 0.1) is 0 Å². The highest BCUT2D eigenvalue weighted by atomic mass is 19.4. The van der Waals surface area contributed by atoms with Crippen molar-refractivity contribution >= 4 is 35.9 Å². The molecule has 35 heavy (non-hydrogen) atoms. The van der Waals surface area contributed by atoms with Gasteiger partial charge in [0.15, 0.2) is 5.96 Å². The third-order valence-corrected chi connectivity index (χ3v) is 3.62. The maximum Gasteiger partial charge on any atom is 0.490 e. The van der Waals surface area contributed by atoms with Crippen LogP contribution in [0.3, 0.4) is 0 Å². The van der Waals surface area contributed by atoms with E-state index in [2.05, 4.69) is 22.2 Å². The number of aliphatic carboxylic acids is 1. The second kappa shape index (κ2) is 15.5. The summed E-state index contributed by atoms with van der Waals surface area (Å²) in [6, 6.07) is 2.14. The summed E-state index contributed by atoms with van der Waals surface area (Å²) in [6.45, 7) is 3.41. The number of hydrogen-bond acceptors (Lipinski definition) is 7. The number of aldehydes is 1. The van der Waals surface area contributed by atoms with Crippen LogP contribution in [0.5, 0.6) is 0 Å². The number of aliphatic imine (C=N–C) groups is 1. The molecule has 1 atom stereocenters. The van der Waals surface area contributed by atoms with Gasteiger partial charge in [-0.3, -0.25) is 19.9 Å². The van der Waals surface area contributed by atoms with Gasteiger partial charge in [0, 0.05) is 12.7 Å². The van der Waals surface area contributed by atoms with Crippen LogP contribution in [-0.4, -0.2) is 65.3 Å². The van der Waals surface area contributed by atoms with E-state index in [1.54, 1.807) is 0 Å². The number of alkyl halides is 3. The molecular formula is C19H25F3N6O7. The van der Waals surface area contributed by atoms with E-state index >= 15 is 0 Å². The Morgan fingerprint density at radius 2 is 1.94 bits per heavy atom. The molecule has 0 aliphatic heterocycles. The molecule has 0 saturated heterocycles. The molecule has 0 aromatic carbocycles. The van der Waals surface area contributed by atoms with Crippen molar-refractivity contribution in [3.63, 3.8) is 0 Å². The van der Waals surface area contributed by atoms with Crippen LogP contribution in [0.4, 0.5) is 23.7 Å². The topological polar surface area (TPSA) is 208 Å². The minimum Gasteiger partial charge on any atom is -0.475 e. The van der Waals surface area contributed by atoms with E-state index in [0.717, 1.165) is 4.57 Å². The van der Waals surface area contributed by atoms with Crippen molar-refractivity contribution in [2.24, 2.45) is 16.5 Å². The number of hydrogen-bond donors (Lipinski definition) is 5. The third kappa shape index (κ3) is 13.7. The van der Waals surface area contributed by atoms with E-state index < -0.39 is 35.7 Å². The number of amides is 2. The fraction of sp³-hybridized carbons (Fsp3) is 0.368. The van der Waals surface area contributed by atoms with Crippen LogP contribution < -0.4 is 27.7 Å². The number of anilines is 1. The number of rotatable bonds is 11. The highest BCUT2D eigenvalue weighted by Crippen LogP contribution is 2.13. The molecule has 0 radical (unpaired) electrons. The monoisotopic (exact) mass is 506 g/mol. The second-order valence-electron chi connectivity index (χ2n) is 6.43. The fourth-order valence-electron chi connectivity index (χ4n) is 2.14. The number of halogens is 3. The van der Waals surface area contributed by atoms with Crippen LogP contribution in [0.2, 0.25) is 0 Å². The van der Waals surface area contributed by atoms with Crippen molar-refractivity contribution in [2.45, 2.75) is 31.6 Å². The summed E-state index contributed by atoms with van der Waals surface area (Å²) in [7, 11) is 0. The largest absolute Gasteiger partial charge is 0.490 e. The first kappa shape index (κ1) is 30.6. The van der Waals surface area contributed by atoms with Crippen LogP contribution in [0.1, 0.15) is 12.8 Å². The molecule has 1 aromatic heterocycles. The van der Waals surface area contributed by atoms with E-state index in [9.17, 15) is 32.3 Å². The molecule has 194 valence electrons. The summed E-state index contributed by atoms with van der Waals surface area (Å²) < 4.78 is 37.6. The lowest BCUT2D eigenvalue weighted by molar-refractivity contribution is -0.192. The maximum atomic E-state index is 12.3. The van der Waals surface area contributed by atoms with Crippen molar-refractivity contribution in [1.29, 1.82) is 0 Å². The van der Waals surface area contributed by atoms with Crippen LogP contribution >= 0.6 is 0 Å². The Balaban J connectivity index is 0.00000143. The van der Waals surface area contributed by atoms with Gasteiger partial charge in [0.2, 0.25) is 5.91 Å². The van der Waals surface area contributed by atoms with Gasteiger partial charge >= 0.3 is 18.2 Å². The number of aromatic nitrogens is 1. The quantitative estimate of drug-likeness (QED) is 0.0895. The van der Waals surface area contributed by atoms with Crippen molar-refractivity contribution in [3.05, 3.63) is 41.3 Å². The summed E-state index contributed by atoms with van der Waals surface area (Å²) in [5.74, 6) is -3.34. The summed E-state index contributed by atoms with van der Waals surface area (Å²) in [4.78, 5) is 59.8. The van der Waals surface area contributed by atoms with E-state index in [1.165, 1.54) is 24.4 Å². The molecule has 0 saturated carbocycles. The van der Waals surface area contributed by atoms with Crippen molar-refractivity contribution in [1.82, 2.24) is 9.88 Å². The van der Waals surface area contributed by atoms with Crippen LogP contribution in [0.15, 0.2) is 40.8 Å². The van der Waals surface area contributed by atoms with Gasteiger partial charge in [-0.05, 0) is 25.0 Å². The molecule has 1 heterocycles. The van der Waals surface area contributed by atoms with Gasteiger partial charge < -0.3 is 36.0 Å². The molecule has 0 unspecified atom stereocenters. The number of pyridine rings is 1. The zero-order valence-electron chi connectivity index (χ0n) is 18.3. The summed E-state index contributed by atoms with van der Waals surface area (Å²) in [5, 5.41) is 11.9. The second-order valence-corrected chi connectivity index (χ2v) is 6.43. The van der Waals surface area contributed by atoms with Crippen LogP contribution in [0.25, 0.3) is 0 Å². The summed E-state index contributed by atoms with van der Waals surface area (Å²) in [6.07, 6.45) is -1.69. The first-order valence-corrected chi connectivity index (χ1v) is 9.66. The van der Waals surface area contributed by atoms with Crippen LogP contribution in [-0.2, 0) is 25.7 Å². The van der Waals surface area contributed by atoms with E-state index in [1.807, 2.05) is 0 Å². The van der Waals surface area contributed by atoms with Crippen molar-refractivity contribution in [2.75, 3.05) is 18.5 Å². The molecule has 16 heteroatoms. The number of guanidine groups is 1. The summed E-state index contributed by atoms with van der Waals surface area (Å²) >= 11 is 0. The smallest absolute Gasteiger partial charge is 0.475 e.